The summed E-state index contributed by atoms with van der Waals surface area (Å²) in [4.78, 5) is 10.7. The summed E-state index contributed by atoms with van der Waals surface area (Å²) in [5, 5.41) is 21.0. The van der Waals surface area contributed by atoms with Gasteiger partial charge in [0.05, 0.1) is 0 Å². The fourth-order valence-corrected chi connectivity index (χ4v) is 1.67. The minimum Gasteiger partial charge on any atom is -0.508 e. The van der Waals surface area contributed by atoms with E-state index in [1.807, 2.05) is 6.07 Å². The Labute approximate surface area is 86.7 Å². The molecule has 15 heavy (non-hydrogen) atoms. The first-order valence-corrected chi connectivity index (χ1v) is 4.44. The van der Waals surface area contributed by atoms with Crippen LogP contribution in [0.15, 0.2) is 18.2 Å². The number of nitrogens with one attached hydrogen (secondary N) is 1. The van der Waals surface area contributed by atoms with E-state index in [-0.39, 0.29) is 11.2 Å². The molecule has 0 aliphatic carbocycles. The Hall–Kier alpha value is -1.59. The molecular formula is C10H13NO4. The Balaban J connectivity index is 0.00000112. The molecule has 0 amide bonds. The van der Waals surface area contributed by atoms with Crippen LogP contribution in [0.4, 0.5) is 0 Å². The smallest absolute Gasteiger partial charge is 0.321 e. The monoisotopic (exact) mass is 211 g/mol. The van der Waals surface area contributed by atoms with E-state index in [0.29, 0.717) is 13.0 Å². The summed E-state index contributed by atoms with van der Waals surface area (Å²) in [5.74, 6) is -0.659. The van der Waals surface area contributed by atoms with Gasteiger partial charge in [-0.3, -0.25) is 4.79 Å². The van der Waals surface area contributed by atoms with Crippen molar-refractivity contribution in [1.29, 1.82) is 0 Å². The highest BCUT2D eigenvalue weighted by atomic mass is 16.4. The number of rotatable bonds is 1. The molecule has 0 spiro atoms. The summed E-state index contributed by atoms with van der Waals surface area (Å²) >= 11 is 0. The van der Waals surface area contributed by atoms with Crippen LogP contribution in [0.25, 0.3) is 0 Å². The molecule has 1 unspecified atom stereocenters. The molecule has 0 aromatic heterocycles. The number of carboxylic acids is 1. The highest BCUT2D eigenvalue weighted by Crippen LogP contribution is 2.21. The van der Waals surface area contributed by atoms with Crippen molar-refractivity contribution < 1.29 is 20.5 Å². The number of benzene rings is 1. The van der Waals surface area contributed by atoms with Gasteiger partial charge in [-0.1, -0.05) is 6.07 Å². The topological polar surface area (TPSA) is 101 Å². The Morgan fingerprint density at radius 3 is 2.80 bits per heavy atom. The average Bonchev–Trinajstić information content (AvgIpc) is 2.16. The van der Waals surface area contributed by atoms with Gasteiger partial charge in [-0.2, -0.15) is 0 Å². The molecule has 0 radical (unpaired) electrons. The van der Waals surface area contributed by atoms with Gasteiger partial charge >= 0.3 is 5.97 Å². The molecule has 1 aliphatic rings. The van der Waals surface area contributed by atoms with E-state index in [0.717, 1.165) is 11.1 Å². The lowest BCUT2D eigenvalue weighted by Gasteiger charge is -2.22. The largest absolute Gasteiger partial charge is 0.508 e. The number of aliphatic carboxylic acids is 1. The van der Waals surface area contributed by atoms with Crippen LogP contribution in [0, 0.1) is 0 Å². The maximum Gasteiger partial charge on any atom is 0.321 e. The van der Waals surface area contributed by atoms with Crippen LogP contribution in [0.3, 0.4) is 0 Å². The van der Waals surface area contributed by atoms with Crippen molar-refractivity contribution in [2.75, 3.05) is 0 Å². The highest BCUT2D eigenvalue weighted by molar-refractivity contribution is 5.74. The summed E-state index contributed by atoms with van der Waals surface area (Å²) in [5.41, 5.74) is 1.97. The molecule has 2 rings (SSSR count). The summed E-state index contributed by atoms with van der Waals surface area (Å²) in [6.45, 7) is 0.548. The second-order valence-corrected chi connectivity index (χ2v) is 3.43. The third-order valence-corrected chi connectivity index (χ3v) is 2.45. The maximum atomic E-state index is 10.7. The van der Waals surface area contributed by atoms with Gasteiger partial charge in [0.1, 0.15) is 11.8 Å². The summed E-state index contributed by atoms with van der Waals surface area (Å²) in [6.07, 6.45) is 0.430. The van der Waals surface area contributed by atoms with Crippen molar-refractivity contribution in [1.82, 2.24) is 5.32 Å². The van der Waals surface area contributed by atoms with Crippen molar-refractivity contribution in [3.8, 4) is 5.75 Å². The Morgan fingerprint density at radius 2 is 2.13 bits per heavy atom. The van der Waals surface area contributed by atoms with E-state index in [4.69, 9.17) is 5.11 Å². The van der Waals surface area contributed by atoms with Crippen LogP contribution in [0.1, 0.15) is 11.1 Å². The van der Waals surface area contributed by atoms with Gasteiger partial charge in [0.25, 0.3) is 0 Å². The van der Waals surface area contributed by atoms with Crippen molar-refractivity contribution in [3.63, 3.8) is 0 Å². The first-order valence-electron chi connectivity index (χ1n) is 4.44. The first-order chi connectivity index (χ1) is 6.66. The predicted octanol–water partition coefficient (Wildman–Crippen LogP) is -0.334. The van der Waals surface area contributed by atoms with Crippen LogP contribution in [0.2, 0.25) is 0 Å². The molecule has 1 aromatic carbocycles. The quantitative estimate of drug-likeness (QED) is 0.591. The molecule has 82 valence electrons. The second-order valence-electron chi connectivity index (χ2n) is 3.43. The van der Waals surface area contributed by atoms with E-state index >= 15 is 0 Å². The van der Waals surface area contributed by atoms with E-state index in [9.17, 15) is 9.90 Å². The maximum absolute atomic E-state index is 10.7. The SMILES string of the molecule is O.O=C(O)C1Cc2cc(O)ccc2CN1. The summed E-state index contributed by atoms with van der Waals surface area (Å²) in [7, 11) is 0. The Kier molecular flexibility index (Phi) is 3.28. The van der Waals surface area contributed by atoms with Crippen LogP contribution < -0.4 is 5.32 Å². The number of carbonyl (C=O) groups is 1. The number of fused-ring (bicyclic) bond motifs is 1. The predicted molar refractivity (Wildman–Crippen MR) is 53.7 cm³/mol. The van der Waals surface area contributed by atoms with Crippen LogP contribution >= 0.6 is 0 Å². The lowest BCUT2D eigenvalue weighted by atomic mass is 9.96. The van der Waals surface area contributed by atoms with E-state index in [2.05, 4.69) is 5.32 Å². The van der Waals surface area contributed by atoms with Gasteiger partial charge in [-0.15, -0.1) is 0 Å². The minimum absolute atomic E-state index is 0. The molecule has 1 atom stereocenters. The molecule has 0 saturated carbocycles. The molecule has 1 heterocycles. The van der Waals surface area contributed by atoms with Crippen molar-refractivity contribution >= 4 is 5.97 Å². The second kappa shape index (κ2) is 4.29. The summed E-state index contributed by atoms with van der Waals surface area (Å²) in [6, 6.07) is 4.52. The molecule has 1 aliphatic heterocycles. The van der Waals surface area contributed by atoms with Gasteiger partial charge in [0.2, 0.25) is 0 Å². The summed E-state index contributed by atoms with van der Waals surface area (Å²) < 4.78 is 0. The van der Waals surface area contributed by atoms with Crippen molar-refractivity contribution in [3.05, 3.63) is 29.3 Å². The van der Waals surface area contributed by atoms with E-state index in [1.54, 1.807) is 12.1 Å². The third-order valence-electron chi connectivity index (χ3n) is 2.45. The molecule has 5 nitrogen and oxygen atoms in total. The van der Waals surface area contributed by atoms with Gasteiger partial charge in [0, 0.05) is 6.54 Å². The normalized spacial score (nSPS) is 18.8. The number of aromatic hydroxyl groups is 1. The van der Waals surface area contributed by atoms with Crippen molar-refractivity contribution in [2.24, 2.45) is 0 Å². The fraction of sp³-hybridized carbons (Fsp3) is 0.300. The molecule has 5 heteroatoms. The average molecular weight is 211 g/mol. The molecule has 0 bridgehead atoms. The molecule has 5 N–H and O–H groups in total. The van der Waals surface area contributed by atoms with Crippen LogP contribution in [-0.2, 0) is 17.8 Å². The zero-order valence-corrected chi connectivity index (χ0v) is 8.03. The lowest BCUT2D eigenvalue weighted by Crippen LogP contribution is -2.41. The van der Waals surface area contributed by atoms with Crippen LogP contribution in [-0.4, -0.2) is 27.7 Å². The Bertz CT molecular complexity index is 378. The molecule has 0 saturated heterocycles. The molecule has 1 aromatic rings. The highest BCUT2D eigenvalue weighted by Gasteiger charge is 2.23. The van der Waals surface area contributed by atoms with Crippen LogP contribution in [0.5, 0.6) is 5.75 Å². The van der Waals surface area contributed by atoms with Gasteiger partial charge in [-0.25, -0.2) is 0 Å². The minimum atomic E-state index is -0.848. The third kappa shape index (κ3) is 2.26. The number of hydrogen-bond donors (Lipinski definition) is 3. The van der Waals surface area contributed by atoms with Gasteiger partial charge in [-0.05, 0) is 29.7 Å². The number of phenols is 1. The standard InChI is InChI=1S/C10H11NO3.H2O/c12-8-2-1-6-5-11-9(10(13)14)4-7(6)3-8;/h1-3,9,11-12H,4-5H2,(H,13,14);1H2. The van der Waals surface area contributed by atoms with Gasteiger partial charge in [0.15, 0.2) is 0 Å². The Morgan fingerprint density at radius 1 is 1.40 bits per heavy atom. The lowest BCUT2D eigenvalue weighted by molar-refractivity contribution is -0.139. The molecular weight excluding hydrogens is 198 g/mol. The van der Waals surface area contributed by atoms with E-state index in [1.165, 1.54) is 0 Å². The number of phenolic OH excluding ortho intramolecular Hbond substituents is 1. The number of carboxylic acid groups (broad SMARTS) is 1. The van der Waals surface area contributed by atoms with E-state index < -0.39 is 12.0 Å². The zero-order chi connectivity index (χ0) is 10.1. The fourth-order valence-electron chi connectivity index (χ4n) is 1.67. The van der Waals surface area contributed by atoms with Gasteiger partial charge < -0.3 is 21.0 Å². The zero-order valence-electron chi connectivity index (χ0n) is 8.03. The molecule has 0 fully saturated rings. The first kappa shape index (κ1) is 11.5. The van der Waals surface area contributed by atoms with Crippen molar-refractivity contribution in [2.45, 2.75) is 19.0 Å². The number of hydrogen-bond acceptors (Lipinski definition) is 3.